The number of tetrazole rings is 1. The van der Waals surface area contributed by atoms with Crippen molar-refractivity contribution in [3.05, 3.63) is 41.2 Å². The van der Waals surface area contributed by atoms with Gasteiger partial charge in [0, 0.05) is 6.54 Å². The Hall–Kier alpha value is -2.54. The molecule has 102 valence electrons. The van der Waals surface area contributed by atoms with E-state index in [-0.39, 0.29) is 0 Å². The Bertz CT molecular complexity index is 743. The van der Waals surface area contributed by atoms with E-state index in [0.29, 0.717) is 18.1 Å². The summed E-state index contributed by atoms with van der Waals surface area (Å²) >= 11 is 0. The van der Waals surface area contributed by atoms with Crippen LogP contribution in [0.3, 0.4) is 0 Å². The van der Waals surface area contributed by atoms with E-state index >= 15 is 0 Å². The zero-order valence-electron chi connectivity index (χ0n) is 11.2. The van der Waals surface area contributed by atoms with Crippen molar-refractivity contribution in [3.8, 4) is 11.6 Å². The Kier molecular flexibility index (Phi) is 3.03. The van der Waals surface area contributed by atoms with Crippen LogP contribution in [0, 0.1) is 13.8 Å². The Morgan fingerprint density at radius 3 is 2.65 bits per heavy atom. The first-order valence-corrected chi connectivity index (χ1v) is 6.19. The van der Waals surface area contributed by atoms with Crippen LogP contribution in [-0.4, -0.2) is 25.0 Å². The molecule has 0 saturated heterocycles. The number of benzene rings is 1. The molecule has 0 unspecified atom stereocenters. The minimum Gasteiger partial charge on any atom is -0.437 e. The maximum absolute atomic E-state index is 5.93. The molecule has 0 amide bonds. The molecule has 7 nitrogen and oxygen atoms in total. The Morgan fingerprint density at radius 2 is 1.95 bits per heavy atom. The van der Waals surface area contributed by atoms with Crippen molar-refractivity contribution in [1.82, 2.24) is 25.0 Å². The highest BCUT2D eigenvalue weighted by atomic mass is 16.5. The maximum Gasteiger partial charge on any atom is 0.242 e. The van der Waals surface area contributed by atoms with E-state index in [1.165, 1.54) is 4.52 Å². The number of nitrogens with zero attached hydrogens (tertiary/aromatic N) is 5. The summed E-state index contributed by atoms with van der Waals surface area (Å²) in [5, 5.41) is 11.3. The van der Waals surface area contributed by atoms with Crippen LogP contribution in [0.5, 0.6) is 11.6 Å². The fourth-order valence-corrected chi connectivity index (χ4v) is 2.15. The number of fused-ring (bicyclic) bond motifs is 1. The standard InChI is InChI=1S/C13H14N6O/c1-8-3-10(5-14)4-9(2)13(8)20-12-7-15-6-11-16-17-18-19(11)12/h3-4,6-7H,5,14H2,1-2H3. The monoisotopic (exact) mass is 270 g/mol. The number of hydrogen-bond acceptors (Lipinski definition) is 6. The molecule has 2 heterocycles. The van der Waals surface area contributed by atoms with E-state index in [4.69, 9.17) is 10.5 Å². The summed E-state index contributed by atoms with van der Waals surface area (Å²) in [6.45, 7) is 4.47. The molecule has 1 aromatic carbocycles. The molecule has 0 bridgehead atoms. The lowest BCUT2D eigenvalue weighted by Gasteiger charge is -2.13. The second-order valence-electron chi connectivity index (χ2n) is 4.56. The van der Waals surface area contributed by atoms with Crippen LogP contribution in [0.1, 0.15) is 16.7 Å². The molecular weight excluding hydrogens is 256 g/mol. The fraction of sp³-hybridized carbons (Fsp3) is 0.231. The molecule has 0 aliphatic carbocycles. The zero-order chi connectivity index (χ0) is 14.1. The Labute approximate surface area is 115 Å². The number of aromatic nitrogens is 5. The van der Waals surface area contributed by atoms with E-state index in [2.05, 4.69) is 20.5 Å². The van der Waals surface area contributed by atoms with Crippen molar-refractivity contribution in [2.45, 2.75) is 20.4 Å². The average molecular weight is 270 g/mol. The summed E-state index contributed by atoms with van der Waals surface area (Å²) in [5.74, 6) is 1.24. The fourth-order valence-electron chi connectivity index (χ4n) is 2.15. The van der Waals surface area contributed by atoms with Crippen molar-refractivity contribution < 1.29 is 4.74 Å². The second-order valence-corrected chi connectivity index (χ2v) is 4.56. The topological polar surface area (TPSA) is 91.2 Å². The zero-order valence-corrected chi connectivity index (χ0v) is 11.2. The molecule has 2 N–H and O–H groups in total. The predicted molar refractivity (Wildman–Crippen MR) is 72.5 cm³/mol. The lowest BCUT2D eigenvalue weighted by Crippen LogP contribution is -2.02. The third-order valence-electron chi connectivity index (χ3n) is 3.04. The van der Waals surface area contributed by atoms with E-state index in [9.17, 15) is 0 Å². The van der Waals surface area contributed by atoms with Crippen LogP contribution >= 0.6 is 0 Å². The number of aryl methyl sites for hydroxylation is 2. The number of hydrogen-bond donors (Lipinski definition) is 1. The molecule has 0 spiro atoms. The van der Waals surface area contributed by atoms with Gasteiger partial charge in [0.05, 0.1) is 12.4 Å². The average Bonchev–Trinajstić information content (AvgIpc) is 2.91. The quantitative estimate of drug-likeness (QED) is 0.773. The minimum atomic E-state index is 0.471. The molecule has 0 radical (unpaired) electrons. The summed E-state index contributed by atoms with van der Waals surface area (Å²) in [6.07, 6.45) is 3.16. The van der Waals surface area contributed by atoms with E-state index in [0.717, 1.165) is 22.4 Å². The molecule has 0 fully saturated rings. The first kappa shape index (κ1) is 12.5. The molecular formula is C13H14N6O. The molecule has 0 aliphatic rings. The molecule has 0 aliphatic heterocycles. The maximum atomic E-state index is 5.93. The highest BCUT2D eigenvalue weighted by Gasteiger charge is 2.11. The molecule has 0 saturated carbocycles. The van der Waals surface area contributed by atoms with Gasteiger partial charge in [-0.2, -0.15) is 4.52 Å². The minimum absolute atomic E-state index is 0.471. The molecule has 3 aromatic rings. The smallest absolute Gasteiger partial charge is 0.242 e. The van der Waals surface area contributed by atoms with Crippen LogP contribution in [0.25, 0.3) is 5.65 Å². The van der Waals surface area contributed by atoms with Crippen molar-refractivity contribution in [3.63, 3.8) is 0 Å². The van der Waals surface area contributed by atoms with Gasteiger partial charge in [-0.05, 0) is 41.0 Å². The summed E-state index contributed by atoms with van der Waals surface area (Å²) in [7, 11) is 0. The van der Waals surface area contributed by atoms with Gasteiger partial charge >= 0.3 is 0 Å². The van der Waals surface area contributed by atoms with Gasteiger partial charge in [-0.1, -0.05) is 12.1 Å². The van der Waals surface area contributed by atoms with Crippen molar-refractivity contribution in [1.29, 1.82) is 0 Å². The highest BCUT2D eigenvalue weighted by Crippen LogP contribution is 2.29. The SMILES string of the molecule is Cc1cc(CN)cc(C)c1Oc1cncc2nnnn12. The normalized spacial score (nSPS) is 10.9. The van der Waals surface area contributed by atoms with Gasteiger partial charge in [-0.15, -0.1) is 5.10 Å². The first-order chi connectivity index (χ1) is 9.69. The van der Waals surface area contributed by atoms with Crippen LogP contribution < -0.4 is 10.5 Å². The number of rotatable bonds is 3. The third kappa shape index (κ3) is 2.08. The summed E-state index contributed by atoms with van der Waals surface area (Å²) in [6, 6.07) is 4.02. The van der Waals surface area contributed by atoms with Crippen molar-refractivity contribution in [2.75, 3.05) is 0 Å². The summed E-state index contributed by atoms with van der Waals surface area (Å²) < 4.78 is 7.43. The van der Waals surface area contributed by atoms with Gasteiger partial charge in [0.15, 0.2) is 0 Å². The molecule has 3 rings (SSSR count). The van der Waals surface area contributed by atoms with Crippen LogP contribution in [-0.2, 0) is 6.54 Å². The van der Waals surface area contributed by atoms with E-state index in [1.54, 1.807) is 12.4 Å². The Morgan fingerprint density at radius 1 is 1.20 bits per heavy atom. The van der Waals surface area contributed by atoms with E-state index in [1.807, 2.05) is 26.0 Å². The van der Waals surface area contributed by atoms with Gasteiger partial charge in [0.2, 0.25) is 11.5 Å². The second kappa shape index (κ2) is 4.86. The molecule has 20 heavy (non-hydrogen) atoms. The highest BCUT2D eigenvalue weighted by molar-refractivity contribution is 5.45. The van der Waals surface area contributed by atoms with Crippen LogP contribution in [0.15, 0.2) is 24.5 Å². The summed E-state index contributed by atoms with van der Waals surface area (Å²) in [5.41, 5.74) is 9.30. The van der Waals surface area contributed by atoms with Crippen LogP contribution in [0.4, 0.5) is 0 Å². The van der Waals surface area contributed by atoms with Gasteiger partial charge in [0.25, 0.3) is 0 Å². The van der Waals surface area contributed by atoms with Crippen molar-refractivity contribution in [2.24, 2.45) is 5.73 Å². The van der Waals surface area contributed by atoms with Crippen LogP contribution in [0.2, 0.25) is 0 Å². The van der Waals surface area contributed by atoms with Gasteiger partial charge in [-0.25, -0.2) is 0 Å². The molecule has 2 aromatic heterocycles. The molecule has 7 heteroatoms. The van der Waals surface area contributed by atoms with Gasteiger partial charge < -0.3 is 10.5 Å². The predicted octanol–water partition coefficient (Wildman–Crippen LogP) is 1.39. The lowest BCUT2D eigenvalue weighted by atomic mass is 10.1. The van der Waals surface area contributed by atoms with Gasteiger partial charge in [0.1, 0.15) is 5.75 Å². The van der Waals surface area contributed by atoms with Gasteiger partial charge in [-0.3, -0.25) is 4.98 Å². The number of nitrogens with two attached hydrogens (primary N) is 1. The number of ether oxygens (including phenoxy) is 1. The Balaban J connectivity index is 2.05. The first-order valence-electron chi connectivity index (χ1n) is 6.19. The summed E-state index contributed by atoms with van der Waals surface area (Å²) in [4.78, 5) is 4.07. The third-order valence-corrected chi connectivity index (χ3v) is 3.04. The van der Waals surface area contributed by atoms with E-state index < -0.39 is 0 Å². The lowest BCUT2D eigenvalue weighted by molar-refractivity contribution is 0.435. The van der Waals surface area contributed by atoms with Crippen molar-refractivity contribution >= 4 is 5.65 Å². The molecule has 0 atom stereocenters. The largest absolute Gasteiger partial charge is 0.437 e.